The quantitative estimate of drug-likeness (QED) is 0.674. The van der Waals surface area contributed by atoms with Crippen molar-refractivity contribution in [1.82, 2.24) is 0 Å². The number of halogens is 6. The second kappa shape index (κ2) is 5.50. The van der Waals surface area contributed by atoms with Crippen molar-refractivity contribution in [2.45, 2.75) is 25.2 Å². The monoisotopic (exact) mass is 334 g/mol. The van der Waals surface area contributed by atoms with Crippen LogP contribution < -0.4 is 0 Å². The molecular weight excluding hydrogens is 322 g/mol. The van der Waals surface area contributed by atoms with Gasteiger partial charge in [-0.1, -0.05) is 24.3 Å². The Morgan fingerprint density at radius 3 is 1.22 bits per heavy atom. The average molecular weight is 334 g/mol. The Balaban J connectivity index is 2.73. The predicted molar refractivity (Wildman–Crippen MR) is 73.7 cm³/mol. The van der Waals surface area contributed by atoms with Crippen molar-refractivity contribution in [1.29, 1.82) is 10.8 Å². The van der Waals surface area contributed by atoms with Crippen LogP contribution in [-0.4, -0.2) is 23.8 Å². The Bertz CT molecular complexity index is 600. The largest absolute Gasteiger partial charge is 0.411 e. The smallest absolute Gasteiger partial charge is 0.305 e. The van der Waals surface area contributed by atoms with Crippen LogP contribution in [-0.2, 0) is 0 Å². The molecule has 0 aliphatic heterocycles. The molecule has 0 spiro atoms. The van der Waals surface area contributed by atoms with Gasteiger partial charge in [0.1, 0.15) is 0 Å². The van der Waals surface area contributed by atoms with Crippen molar-refractivity contribution < 1.29 is 26.3 Å². The van der Waals surface area contributed by atoms with Crippen molar-refractivity contribution in [3.63, 3.8) is 0 Å². The zero-order valence-corrected chi connectivity index (χ0v) is 11.6. The second-order valence-electron chi connectivity index (χ2n) is 5.19. The van der Waals surface area contributed by atoms with Gasteiger partial charge in [-0.2, -0.15) is 26.3 Å². The van der Waals surface area contributed by atoms with Gasteiger partial charge in [0.05, 0.1) is 0 Å². The molecule has 0 bridgehead atoms. The highest BCUT2D eigenvalue weighted by Gasteiger charge is 2.73. The molecule has 2 nitrogen and oxygen atoms in total. The fraction of sp³-hybridized carbons (Fsp3) is 0.333. The molecule has 0 atom stereocenters. The van der Waals surface area contributed by atoms with E-state index >= 15 is 0 Å². The van der Waals surface area contributed by atoms with Crippen LogP contribution in [0.15, 0.2) is 47.6 Å². The highest BCUT2D eigenvalue weighted by atomic mass is 19.4. The lowest BCUT2D eigenvalue weighted by molar-refractivity contribution is -0.308. The van der Waals surface area contributed by atoms with Crippen molar-refractivity contribution in [2.24, 2.45) is 5.41 Å². The van der Waals surface area contributed by atoms with E-state index < -0.39 is 28.9 Å². The van der Waals surface area contributed by atoms with Crippen molar-refractivity contribution in [3.8, 4) is 0 Å². The van der Waals surface area contributed by atoms with Crippen LogP contribution in [0.4, 0.5) is 26.3 Å². The van der Waals surface area contributed by atoms with Crippen LogP contribution in [0.1, 0.15) is 12.8 Å². The third-order valence-corrected chi connectivity index (χ3v) is 3.73. The van der Waals surface area contributed by atoms with E-state index in [9.17, 15) is 26.3 Å². The molecule has 124 valence electrons. The van der Waals surface area contributed by atoms with E-state index in [0.29, 0.717) is 12.2 Å². The van der Waals surface area contributed by atoms with E-state index in [-0.39, 0.29) is 24.3 Å². The molecule has 0 aromatic rings. The highest BCUT2D eigenvalue weighted by Crippen LogP contribution is 2.60. The van der Waals surface area contributed by atoms with Gasteiger partial charge in [0.25, 0.3) is 0 Å². The zero-order chi connectivity index (χ0) is 17.5. The maximum atomic E-state index is 13.7. The van der Waals surface area contributed by atoms with Gasteiger partial charge in [0.2, 0.25) is 5.41 Å². The molecule has 0 radical (unpaired) electrons. The predicted octanol–water partition coefficient (Wildman–Crippen LogP) is 4.91. The van der Waals surface area contributed by atoms with Crippen molar-refractivity contribution in [2.75, 3.05) is 0 Å². The number of alkyl halides is 6. The lowest BCUT2D eigenvalue weighted by Crippen LogP contribution is -2.52. The lowest BCUT2D eigenvalue weighted by atomic mass is 9.69. The molecule has 0 amide bonds. The fourth-order valence-electron chi connectivity index (χ4n) is 2.63. The molecule has 2 aliphatic rings. The molecule has 8 heteroatoms. The summed E-state index contributed by atoms with van der Waals surface area (Å²) in [5.41, 5.74) is -6.19. The number of rotatable bonds is 2. The van der Waals surface area contributed by atoms with Gasteiger partial charge in [-0.15, -0.1) is 0 Å². The minimum atomic E-state index is -5.61. The Labute approximate surface area is 127 Å². The first-order valence-corrected chi connectivity index (χ1v) is 6.56. The van der Waals surface area contributed by atoms with E-state index in [4.69, 9.17) is 10.8 Å². The third-order valence-electron chi connectivity index (χ3n) is 3.73. The summed E-state index contributed by atoms with van der Waals surface area (Å²) in [7, 11) is 0. The first-order chi connectivity index (χ1) is 10.5. The normalized spacial score (nSPS) is 19.7. The number of hydrogen-bond acceptors (Lipinski definition) is 2. The summed E-state index contributed by atoms with van der Waals surface area (Å²) < 4.78 is 81.9. The Hall–Kier alpha value is -2.12. The van der Waals surface area contributed by atoms with Crippen LogP contribution in [0, 0.1) is 16.2 Å². The van der Waals surface area contributed by atoms with Gasteiger partial charge >= 0.3 is 12.4 Å². The summed E-state index contributed by atoms with van der Waals surface area (Å²) in [6.07, 6.45) is -6.97. The van der Waals surface area contributed by atoms with Crippen LogP contribution in [0.2, 0.25) is 0 Å². The zero-order valence-electron chi connectivity index (χ0n) is 11.6. The van der Waals surface area contributed by atoms with E-state index in [1.807, 2.05) is 0 Å². The molecule has 2 aliphatic carbocycles. The first-order valence-electron chi connectivity index (χ1n) is 6.56. The summed E-state index contributed by atoms with van der Waals surface area (Å²) in [5, 5.41) is 14.6. The summed E-state index contributed by atoms with van der Waals surface area (Å²) in [6, 6.07) is 0. The van der Waals surface area contributed by atoms with Crippen molar-refractivity contribution >= 4 is 11.4 Å². The van der Waals surface area contributed by atoms with Gasteiger partial charge in [-0.05, 0) is 23.3 Å². The van der Waals surface area contributed by atoms with Crippen LogP contribution in [0.25, 0.3) is 0 Å². The van der Waals surface area contributed by atoms with Gasteiger partial charge < -0.3 is 10.8 Å². The summed E-state index contributed by atoms with van der Waals surface area (Å²) in [4.78, 5) is 0. The maximum Gasteiger partial charge on any atom is 0.411 e. The molecule has 0 aromatic heterocycles. The summed E-state index contributed by atoms with van der Waals surface area (Å²) in [6.45, 7) is 0. The maximum absolute atomic E-state index is 13.7. The molecule has 2 rings (SSSR count). The van der Waals surface area contributed by atoms with Gasteiger partial charge in [0, 0.05) is 24.3 Å². The van der Waals surface area contributed by atoms with Crippen LogP contribution in [0.3, 0.4) is 0 Å². The van der Waals surface area contributed by atoms with E-state index in [0.717, 1.165) is 24.3 Å². The van der Waals surface area contributed by atoms with Gasteiger partial charge in [-0.25, -0.2) is 0 Å². The molecule has 0 unspecified atom stereocenters. The minimum Gasteiger partial charge on any atom is -0.305 e. The van der Waals surface area contributed by atoms with E-state index in [1.54, 1.807) is 0 Å². The summed E-state index contributed by atoms with van der Waals surface area (Å²) >= 11 is 0. The number of hydrogen-bond donors (Lipinski definition) is 2. The molecule has 0 saturated heterocycles. The van der Waals surface area contributed by atoms with Gasteiger partial charge in [0.15, 0.2) is 0 Å². The third kappa shape index (κ3) is 2.77. The van der Waals surface area contributed by atoms with Gasteiger partial charge in [-0.3, -0.25) is 0 Å². The first kappa shape index (κ1) is 17.2. The lowest BCUT2D eigenvalue weighted by Gasteiger charge is -2.40. The number of nitrogens with one attached hydrogen (secondary N) is 2. The Morgan fingerprint density at radius 2 is 1.00 bits per heavy atom. The molecule has 2 N–H and O–H groups in total. The molecule has 0 fully saturated rings. The van der Waals surface area contributed by atoms with Crippen LogP contribution >= 0.6 is 0 Å². The van der Waals surface area contributed by atoms with Crippen LogP contribution in [0.5, 0.6) is 0 Å². The number of allylic oxidation sites excluding steroid dienone is 8. The topological polar surface area (TPSA) is 47.7 Å². The fourth-order valence-corrected chi connectivity index (χ4v) is 2.63. The second-order valence-corrected chi connectivity index (χ2v) is 5.19. The Kier molecular flexibility index (Phi) is 4.13. The van der Waals surface area contributed by atoms with E-state index in [2.05, 4.69) is 0 Å². The summed E-state index contributed by atoms with van der Waals surface area (Å²) in [5.74, 6) is 0. The minimum absolute atomic E-state index is 0.0676. The molecule has 0 aromatic carbocycles. The molecular formula is C15H12F6N2. The standard InChI is InChI=1S/C15H12F6N2/c16-14(17,18)13(15(19,20)21,9-1-5-11(22)6-2-9)10-3-7-12(23)8-4-10/h1-5,7,22-23H,6,8H2. The highest BCUT2D eigenvalue weighted by molar-refractivity contribution is 5.96. The molecule has 23 heavy (non-hydrogen) atoms. The van der Waals surface area contributed by atoms with E-state index in [1.165, 1.54) is 0 Å². The Morgan fingerprint density at radius 1 is 0.652 bits per heavy atom. The molecule has 0 saturated carbocycles. The SMILES string of the molecule is N=C1C=CC(C(C2=CCC(=N)C=C2)(C(F)(F)F)C(F)(F)F)=CC1. The molecule has 0 heterocycles. The van der Waals surface area contributed by atoms with Crippen molar-refractivity contribution in [3.05, 3.63) is 47.6 Å². The average Bonchev–Trinajstić information content (AvgIpc) is 2.40.